The van der Waals surface area contributed by atoms with Crippen molar-refractivity contribution in [2.75, 3.05) is 31.3 Å². The van der Waals surface area contributed by atoms with E-state index in [2.05, 4.69) is 5.32 Å². The monoisotopic (exact) mass is 247 g/mol. The molecule has 0 unspecified atom stereocenters. The fourth-order valence-electron chi connectivity index (χ4n) is 1.57. The van der Waals surface area contributed by atoms with E-state index < -0.39 is 0 Å². The van der Waals surface area contributed by atoms with Crippen molar-refractivity contribution in [2.45, 2.75) is 13.8 Å². The van der Waals surface area contributed by atoms with Gasteiger partial charge in [-0.05, 0) is 32.0 Å². The maximum absolute atomic E-state index is 12.1. The Morgan fingerprint density at radius 3 is 2.61 bits per heavy atom. The molecule has 0 heterocycles. The zero-order chi connectivity index (χ0) is 13.7. The lowest BCUT2D eigenvalue weighted by Gasteiger charge is -2.17. The Hall–Kier alpha value is -1.97. The van der Waals surface area contributed by atoms with Gasteiger partial charge in [0.1, 0.15) is 0 Å². The van der Waals surface area contributed by atoms with Gasteiger partial charge in [-0.3, -0.25) is 4.79 Å². The molecule has 4 heteroatoms. The van der Waals surface area contributed by atoms with E-state index in [-0.39, 0.29) is 5.91 Å². The number of amides is 1. The highest BCUT2D eigenvalue weighted by atomic mass is 16.1. The summed E-state index contributed by atoms with van der Waals surface area (Å²) in [5, 5.41) is 2.86. The van der Waals surface area contributed by atoms with E-state index in [0.717, 1.165) is 5.69 Å². The van der Waals surface area contributed by atoms with Crippen molar-refractivity contribution in [3.8, 4) is 0 Å². The number of carbonyl (C=O) groups excluding carboxylic acids is 1. The van der Waals surface area contributed by atoms with Crippen LogP contribution in [0.2, 0.25) is 0 Å². The maximum Gasteiger partial charge on any atom is 0.253 e. The first-order valence-corrected chi connectivity index (χ1v) is 5.90. The highest BCUT2D eigenvalue weighted by Crippen LogP contribution is 2.21. The second-order valence-electron chi connectivity index (χ2n) is 4.66. The number of allylic oxidation sites excluding steroid dienone is 1. The molecule has 0 bridgehead atoms. The predicted octanol–water partition coefficient (Wildman–Crippen LogP) is 2.03. The number of rotatable bonds is 4. The van der Waals surface area contributed by atoms with Gasteiger partial charge in [0.05, 0.1) is 5.56 Å². The van der Waals surface area contributed by atoms with Crippen LogP contribution >= 0.6 is 0 Å². The average Bonchev–Trinajstić information content (AvgIpc) is 2.27. The average molecular weight is 247 g/mol. The molecule has 0 aliphatic carbocycles. The van der Waals surface area contributed by atoms with Gasteiger partial charge in [-0.2, -0.15) is 0 Å². The molecule has 1 aromatic rings. The van der Waals surface area contributed by atoms with Crippen LogP contribution in [0.3, 0.4) is 0 Å². The second-order valence-corrected chi connectivity index (χ2v) is 4.66. The molecular formula is C14H21N3O. The summed E-state index contributed by atoms with van der Waals surface area (Å²) in [6.45, 7) is 4.53. The number of nitrogen functional groups attached to an aromatic ring is 1. The highest BCUT2D eigenvalue weighted by molar-refractivity contribution is 6.00. The molecule has 0 aliphatic rings. The smallest absolute Gasteiger partial charge is 0.253 e. The first-order valence-electron chi connectivity index (χ1n) is 5.90. The van der Waals surface area contributed by atoms with Gasteiger partial charge >= 0.3 is 0 Å². The zero-order valence-electron chi connectivity index (χ0n) is 11.4. The topological polar surface area (TPSA) is 58.4 Å². The van der Waals surface area contributed by atoms with Crippen molar-refractivity contribution in [2.24, 2.45) is 0 Å². The largest absolute Gasteiger partial charge is 0.399 e. The molecular weight excluding hydrogens is 226 g/mol. The lowest BCUT2D eigenvalue weighted by molar-refractivity contribution is 0.0958. The molecule has 1 amide bonds. The highest BCUT2D eigenvalue weighted by Gasteiger charge is 2.12. The van der Waals surface area contributed by atoms with Crippen molar-refractivity contribution in [1.82, 2.24) is 5.32 Å². The Balaban J connectivity index is 2.90. The van der Waals surface area contributed by atoms with Gasteiger partial charge in [0.2, 0.25) is 0 Å². The van der Waals surface area contributed by atoms with E-state index in [1.54, 1.807) is 12.1 Å². The minimum Gasteiger partial charge on any atom is -0.399 e. The number of nitrogens with zero attached hydrogens (tertiary/aromatic N) is 1. The fraction of sp³-hybridized carbons (Fsp3) is 0.357. The summed E-state index contributed by atoms with van der Waals surface area (Å²) in [4.78, 5) is 14.0. The molecule has 4 nitrogen and oxygen atoms in total. The van der Waals surface area contributed by atoms with Crippen LogP contribution in [0.5, 0.6) is 0 Å². The minimum absolute atomic E-state index is 0.108. The number of anilines is 2. The van der Waals surface area contributed by atoms with Gasteiger partial charge < -0.3 is 16.0 Å². The van der Waals surface area contributed by atoms with Crippen molar-refractivity contribution in [3.05, 3.63) is 35.4 Å². The third kappa shape index (κ3) is 3.80. The molecule has 0 saturated heterocycles. The Morgan fingerprint density at radius 2 is 2.06 bits per heavy atom. The molecule has 1 aromatic carbocycles. The Bertz CT molecular complexity index is 460. The Kier molecular flexibility index (Phi) is 4.77. The van der Waals surface area contributed by atoms with Gasteiger partial charge in [-0.15, -0.1) is 0 Å². The van der Waals surface area contributed by atoms with Crippen molar-refractivity contribution in [1.29, 1.82) is 0 Å². The van der Waals surface area contributed by atoms with Crippen LogP contribution in [0.4, 0.5) is 11.4 Å². The normalized spacial score (nSPS) is 9.78. The molecule has 98 valence electrons. The SMILES string of the molecule is CC(C)=CCNC(=O)c1cc(N)ccc1N(C)C. The predicted molar refractivity (Wildman–Crippen MR) is 76.9 cm³/mol. The number of nitrogens with two attached hydrogens (primary N) is 1. The summed E-state index contributed by atoms with van der Waals surface area (Å²) in [5.74, 6) is -0.108. The molecule has 0 radical (unpaired) electrons. The van der Waals surface area contributed by atoms with Gasteiger partial charge in [0, 0.05) is 32.0 Å². The quantitative estimate of drug-likeness (QED) is 0.632. The summed E-state index contributed by atoms with van der Waals surface area (Å²) in [6.07, 6.45) is 1.97. The lowest BCUT2D eigenvalue weighted by Crippen LogP contribution is -2.26. The van der Waals surface area contributed by atoms with Gasteiger partial charge in [-0.1, -0.05) is 11.6 Å². The Morgan fingerprint density at radius 1 is 1.39 bits per heavy atom. The molecule has 0 fully saturated rings. The summed E-state index contributed by atoms with van der Waals surface area (Å²) in [6, 6.07) is 5.35. The van der Waals surface area contributed by atoms with Gasteiger partial charge in [-0.25, -0.2) is 0 Å². The van der Waals surface area contributed by atoms with E-state index in [1.807, 2.05) is 45.0 Å². The van der Waals surface area contributed by atoms with E-state index in [4.69, 9.17) is 5.73 Å². The van der Waals surface area contributed by atoms with Crippen molar-refractivity contribution in [3.63, 3.8) is 0 Å². The number of nitrogens with one attached hydrogen (secondary N) is 1. The molecule has 0 atom stereocenters. The third-order valence-electron chi connectivity index (χ3n) is 2.52. The number of benzene rings is 1. The maximum atomic E-state index is 12.1. The van der Waals surface area contributed by atoms with E-state index >= 15 is 0 Å². The van der Waals surface area contributed by atoms with E-state index in [0.29, 0.717) is 17.8 Å². The summed E-state index contributed by atoms with van der Waals surface area (Å²) in [7, 11) is 3.80. The van der Waals surface area contributed by atoms with Crippen LogP contribution in [0, 0.1) is 0 Å². The third-order valence-corrected chi connectivity index (χ3v) is 2.52. The van der Waals surface area contributed by atoms with Crippen LogP contribution in [0.25, 0.3) is 0 Å². The lowest BCUT2D eigenvalue weighted by atomic mass is 10.1. The van der Waals surface area contributed by atoms with Crippen LogP contribution in [0.1, 0.15) is 24.2 Å². The molecule has 0 aliphatic heterocycles. The van der Waals surface area contributed by atoms with Crippen LogP contribution < -0.4 is 16.0 Å². The van der Waals surface area contributed by atoms with Crippen LogP contribution in [-0.4, -0.2) is 26.5 Å². The standard InChI is InChI=1S/C14H21N3O/c1-10(2)7-8-16-14(18)12-9-11(15)5-6-13(12)17(3)4/h5-7,9H,8,15H2,1-4H3,(H,16,18). The number of hydrogen-bond donors (Lipinski definition) is 2. The molecule has 3 N–H and O–H groups in total. The summed E-state index contributed by atoms with van der Waals surface area (Å²) >= 11 is 0. The number of carbonyl (C=O) groups is 1. The molecule has 1 rings (SSSR count). The second kappa shape index (κ2) is 6.10. The van der Waals surface area contributed by atoms with Crippen molar-refractivity contribution >= 4 is 17.3 Å². The van der Waals surface area contributed by atoms with Crippen LogP contribution in [0.15, 0.2) is 29.8 Å². The molecule has 0 aromatic heterocycles. The molecule has 0 spiro atoms. The number of hydrogen-bond acceptors (Lipinski definition) is 3. The zero-order valence-corrected chi connectivity index (χ0v) is 11.4. The molecule has 18 heavy (non-hydrogen) atoms. The van der Waals surface area contributed by atoms with Crippen molar-refractivity contribution < 1.29 is 4.79 Å². The molecule has 0 saturated carbocycles. The summed E-state index contributed by atoms with van der Waals surface area (Å²) in [5.41, 5.74) is 8.96. The first-order chi connectivity index (χ1) is 8.41. The van der Waals surface area contributed by atoms with Gasteiger partial charge in [0.25, 0.3) is 5.91 Å². The fourth-order valence-corrected chi connectivity index (χ4v) is 1.57. The van der Waals surface area contributed by atoms with Gasteiger partial charge in [0.15, 0.2) is 0 Å². The summed E-state index contributed by atoms with van der Waals surface area (Å²) < 4.78 is 0. The van der Waals surface area contributed by atoms with E-state index in [1.165, 1.54) is 5.57 Å². The van der Waals surface area contributed by atoms with Crippen LogP contribution in [-0.2, 0) is 0 Å². The first kappa shape index (κ1) is 14.1. The Labute approximate surface area is 108 Å². The minimum atomic E-state index is -0.108. The van der Waals surface area contributed by atoms with E-state index in [9.17, 15) is 4.79 Å².